The largest absolute Gasteiger partial charge is 0.370 e. The summed E-state index contributed by atoms with van der Waals surface area (Å²) in [6.07, 6.45) is 4.34. The number of benzene rings is 2. The third kappa shape index (κ3) is 4.34. The summed E-state index contributed by atoms with van der Waals surface area (Å²) in [5.74, 6) is 0.00995. The fourth-order valence-corrected chi connectivity index (χ4v) is 3.91. The monoisotopic (exact) mass is 360 g/mol. The van der Waals surface area contributed by atoms with Crippen LogP contribution in [0.4, 0.5) is 0 Å². The Morgan fingerprint density at radius 3 is 2.70 bits per heavy atom. The van der Waals surface area contributed by atoms with Gasteiger partial charge in [-0.15, -0.1) is 0 Å². The van der Waals surface area contributed by atoms with Gasteiger partial charge in [-0.25, -0.2) is 0 Å². The zero-order valence-corrected chi connectivity index (χ0v) is 15.5. The molecule has 1 amide bonds. The lowest BCUT2D eigenvalue weighted by Gasteiger charge is -2.36. The zero-order chi connectivity index (χ0) is 18.6. The van der Waals surface area contributed by atoms with Crippen LogP contribution in [-0.2, 0) is 16.0 Å². The van der Waals surface area contributed by atoms with Crippen molar-refractivity contribution >= 4 is 16.8 Å². The molecule has 0 unspecified atom stereocenters. The standard InChI is InChI=1S/C23H24N2O2/c1-16(26)25-20-13-21(11-17-7-3-2-4-8-17)27-23(14-20)19-12-18-9-5-6-10-22(18)24-15-19/h2-10,12,15,20-21,23H,11,13-14H2,1H3,(H,25,26)/t20-,21+,23+/m1/s1. The highest BCUT2D eigenvalue weighted by molar-refractivity contribution is 5.78. The molecule has 1 aromatic heterocycles. The third-order valence-electron chi connectivity index (χ3n) is 5.10. The van der Waals surface area contributed by atoms with E-state index < -0.39 is 0 Å². The lowest BCUT2D eigenvalue weighted by molar-refractivity contribution is -0.122. The number of nitrogens with one attached hydrogen (secondary N) is 1. The van der Waals surface area contributed by atoms with Crippen LogP contribution < -0.4 is 5.32 Å². The molecular weight excluding hydrogens is 336 g/mol. The van der Waals surface area contributed by atoms with E-state index in [1.807, 2.05) is 42.6 Å². The molecule has 1 fully saturated rings. The van der Waals surface area contributed by atoms with Gasteiger partial charge in [-0.2, -0.15) is 0 Å². The number of carbonyl (C=O) groups excluding carboxylic acids is 1. The van der Waals surface area contributed by atoms with Crippen molar-refractivity contribution in [2.75, 3.05) is 0 Å². The summed E-state index contributed by atoms with van der Waals surface area (Å²) >= 11 is 0. The van der Waals surface area contributed by atoms with Crippen LogP contribution in [0.5, 0.6) is 0 Å². The molecule has 0 spiro atoms. The third-order valence-corrected chi connectivity index (χ3v) is 5.10. The second kappa shape index (κ2) is 7.89. The SMILES string of the molecule is CC(=O)N[C@@H]1C[C@H](Cc2ccccc2)O[C@H](c2cnc3ccccc3c2)C1. The molecule has 0 radical (unpaired) electrons. The summed E-state index contributed by atoms with van der Waals surface area (Å²) in [5.41, 5.74) is 3.31. The summed E-state index contributed by atoms with van der Waals surface area (Å²) in [6.45, 7) is 1.58. The molecule has 3 atom stereocenters. The van der Waals surface area contributed by atoms with Crippen LogP contribution >= 0.6 is 0 Å². The lowest BCUT2D eigenvalue weighted by atomic mass is 9.91. The Kier molecular flexibility index (Phi) is 5.16. The van der Waals surface area contributed by atoms with Gasteiger partial charge in [0.25, 0.3) is 0 Å². The van der Waals surface area contributed by atoms with Crippen molar-refractivity contribution in [3.05, 3.63) is 78.0 Å². The van der Waals surface area contributed by atoms with Crippen molar-refractivity contribution < 1.29 is 9.53 Å². The second-order valence-corrected chi connectivity index (χ2v) is 7.27. The minimum absolute atomic E-state index is 0.00995. The van der Waals surface area contributed by atoms with Gasteiger partial charge in [0.15, 0.2) is 0 Å². The average molecular weight is 360 g/mol. The van der Waals surface area contributed by atoms with Crippen LogP contribution in [-0.4, -0.2) is 23.0 Å². The molecule has 4 nitrogen and oxygen atoms in total. The van der Waals surface area contributed by atoms with Crippen LogP contribution in [0, 0.1) is 0 Å². The highest BCUT2D eigenvalue weighted by atomic mass is 16.5. The lowest BCUT2D eigenvalue weighted by Crippen LogP contribution is -2.42. The van der Waals surface area contributed by atoms with Gasteiger partial charge >= 0.3 is 0 Å². The minimum atomic E-state index is -0.0681. The second-order valence-electron chi connectivity index (χ2n) is 7.27. The number of para-hydroxylation sites is 1. The van der Waals surface area contributed by atoms with Crippen molar-refractivity contribution in [3.8, 4) is 0 Å². The number of carbonyl (C=O) groups is 1. The first-order valence-electron chi connectivity index (χ1n) is 9.48. The minimum Gasteiger partial charge on any atom is -0.370 e. The van der Waals surface area contributed by atoms with Gasteiger partial charge < -0.3 is 10.1 Å². The molecule has 4 rings (SSSR count). The smallest absolute Gasteiger partial charge is 0.217 e. The number of aromatic nitrogens is 1. The van der Waals surface area contributed by atoms with E-state index in [1.165, 1.54) is 5.56 Å². The van der Waals surface area contributed by atoms with Crippen molar-refractivity contribution in [2.24, 2.45) is 0 Å². The highest BCUT2D eigenvalue weighted by Crippen LogP contribution is 2.33. The van der Waals surface area contributed by atoms with E-state index in [2.05, 4.69) is 34.6 Å². The van der Waals surface area contributed by atoms with E-state index in [4.69, 9.17) is 4.74 Å². The van der Waals surface area contributed by atoms with Gasteiger partial charge in [-0.3, -0.25) is 9.78 Å². The van der Waals surface area contributed by atoms with Gasteiger partial charge in [0.1, 0.15) is 0 Å². The Bertz CT molecular complexity index is 926. The molecule has 27 heavy (non-hydrogen) atoms. The summed E-state index contributed by atoms with van der Waals surface area (Å²) in [4.78, 5) is 16.2. The Labute approximate surface area is 159 Å². The molecule has 4 heteroatoms. The average Bonchev–Trinajstić information content (AvgIpc) is 2.68. The number of hydrogen-bond acceptors (Lipinski definition) is 3. The molecule has 3 aromatic rings. The maximum absolute atomic E-state index is 11.6. The summed E-state index contributed by atoms with van der Waals surface area (Å²) < 4.78 is 6.45. The Hall–Kier alpha value is -2.72. The van der Waals surface area contributed by atoms with Crippen molar-refractivity contribution in [3.63, 3.8) is 0 Å². The van der Waals surface area contributed by atoms with Crippen molar-refractivity contribution in [2.45, 2.75) is 44.4 Å². The number of hydrogen-bond donors (Lipinski definition) is 1. The molecule has 0 aliphatic carbocycles. The van der Waals surface area contributed by atoms with E-state index in [0.29, 0.717) is 0 Å². The Balaban J connectivity index is 1.58. The van der Waals surface area contributed by atoms with Crippen molar-refractivity contribution in [1.82, 2.24) is 10.3 Å². The molecule has 1 aliphatic rings. The number of pyridine rings is 1. The first kappa shape index (κ1) is 17.7. The molecule has 1 saturated heterocycles. The van der Waals surface area contributed by atoms with Crippen LogP contribution in [0.15, 0.2) is 66.9 Å². The normalized spacial score (nSPS) is 22.5. The predicted molar refractivity (Wildman–Crippen MR) is 106 cm³/mol. The Morgan fingerprint density at radius 2 is 1.89 bits per heavy atom. The molecule has 2 heterocycles. The molecule has 0 saturated carbocycles. The van der Waals surface area contributed by atoms with Crippen molar-refractivity contribution in [1.29, 1.82) is 0 Å². The molecule has 138 valence electrons. The number of rotatable bonds is 4. The number of amides is 1. The molecule has 2 aromatic carbocycles. The van der Waals surface area contributed by atoms with Gasteiger partial charge in [-0.1, -0.05) is 48.5 Å². The van der Waals surface area contributed by atoms with Crippen LogP contribution in [0.25, 0.3) is 10.9 Å². The van der Waals surface area contributed by atoms with E-state index in [9.17, 15) is 4.79 Å². The maximum Gasteiger partial charge on any atom is 0.217 e. The quantitative estimate of drug-likeness (QED) is 0.758. The molecule has 1 aliphatic heterocycles. The van der Waals surface area contributed by atoms with Gasteiger partial charge in [-0.05, 0) is 42.5 Å². The van der Waals surface area contributed by atoms with Crippen LogP contribution in [0.1, 0.15) is 37.0 Å². The first-order chi connectivity index (χ1) is 13.2. The Morgan fingerprint density at radius 1 is 1.11 bits per heavy atom. The van der Waals surface area contributed by atoms with E-state index in [1.54, 1.807) is 6.92 Å². The molecular formula is C23H24N2O2. The van der Waals surface area contributed by atoms with Crippen LogP contribution in [0.2, 0.25) is 0 Å². The topological polar surface area (TPSA) is 51.2 Å². The number of fused-ring (bicyclic) bond motifs is 1. The fraction of sp³-hybridized carbons (Fsp3) is 0.304. The van der Waals surface area contributed by atoms with Crippen LogP contribution in [0.3, 0.4) is 0 Å². The van der Waals surface area contributed by atoms with E-state index >= 15 is 0 Å². The van der Waals surface area contributed by atoms with Gasteiger partial charge in [0, 0.05) is 24.5 Å². The first-order valence-corrected chi connectivity index (χ1v) is 9.48. The summed E-state index contributed by atoms with van der Waals surface area (Å²) in [6, 6.07) is 20.7. The van der Waals surface area contributed by atoms with Gasteiger partial charge in [0.2, 0.25) is 5.91 Å². The molecule has 0 bridgehead atoms. The zero-order valence-electron chi connectivity index (χ0n) is 15.5. The predicted octanol–water partition coefficient (Wildman–Crippen LogP) is 4.20. The summed E-state index contributed by atoms with van der Waals surface area (Å²) in [5, 5.41) is 4.21. The number of ether oxygens (including phenoxy) is 1. The number of nitrogens with zero attached hydrogens (tertiary/aromatic N) is 1. The summed E-state index contributed by atoms with van der Waals surface area (Å²) in [7, 11) is 0. The maximum atomic E-state index is 11.6. The highest BCUT2D eigenvalue weighted by Gasteiger charge is 2.31. The van der Waals surface area contributed by atoms with E-state index in [-0.39, 0.29) is 24.2 Å². The molecule has 1 N–H and O–H groups in total. The van der Waals surface area contributed by atoms with E-state index in [0.717, 1.165) is 35.7 Å². The fourth-order valence-electron chi connectivity index (χ4n) is 3.91. The van der Waals surface area contributed by atoms with Gasteiger partial charge in [0.05, 0.1) is 17.7 Å².